The van der Waals surface area contributed by atoms with E-state index in [-0.39, 0.29) is 16.7 Å². The van der Waals surface area contributed by atoms with Crippen molar-refractivity contribution in [1.29, 1.82) is 0 Å². The maximum absolute atomic E-state index is 12.1. The number of carbonyl (C=O) groups is 1. The van der Waals surface area contributed by atoms with E-state index in [0.717, 1.165) is 0 Å². The van der Waals surface area contributed by atoms with Crippen LogP contribution < -0.4 is 10.1 Å². The van der Waals surface area contributed by atoms with Crippen LogP contribution in [0.25, 0.3) is 0 Å². The van der Waals surface area contributed by atoms with Gasteiger partial charge in [0, 0.05) is 11.3 Å². The van der Waals surface area contributed by atoms with Gasteiger partial charge in [0.05, 0.1) is 11.0 Å². The molecule has 0 aliphatic rings. The van der Waals surface area contributed by atoms with E-state index in [4.69, 9.17) is 9.29 Å². The highest BCUT2D eigenvalue weighted by molar-refractivity contribution is 7.85. The van der Waals surface area contributed by atoms with E-state index in [1.807, 2.05) is 13.8 Å². The van der Waals surface area contributed by atoms with Crippen molar-refractivity contribution in [3.8, 4) is 5.75 Å². The number of carbonyl (C=O) groups excluding carboxylic acids is 1. The molecule has 23 heavy (non-hydrogen) atoms. The SMILES string of the molecule is CC(C)Oc1ccc(C(=O)Nc2cccc(S(=O)(=O)O)c2)cc1. The van der Waals surface area contributed by atoms with Crippen molar-refractivity contribution in [3.63, 3.8) is 0 Å². The second-order valence-electron chi connectivity index (χ2n) is 5.15. The van der Waals surface area contributed by atoms with E-state index in [2.05, 4.69) is 5.32 Å². The second kappa shape index (κ2) is 6.80. The lowest BCUT2D eigenvalue weighted by molar-refractivity contribution is 0.102. The number of anilines is 1. The van der Waals surface area contributed by atoms with Crippen LogP contribution in [-0.4, -0.2) is 25.0 Å². The lowest BCUT2D eigenvalue weighted by Crippen LogP contribution is -2.12. The Balaban J connectivity index is 2.13. The van der Waals surface area contributed by atoms with Crippen LogP contribution >= 0.6 is 0 Å². The first-order valence-corrected chi connectivity index (χ1v) is 8.35. The van der Waals surface area contributed by atoms with Crippen molar-refractivity contribution in [2.75, 3.05) is 5.32 Å². The van der Waals surface area contributed by atoms with Gasteiger partial charge in [0.15, 0.2) is 0 Å². The van der Waals surface area contributed by atoms with Gasteiger partial charge in [0.1, 0.15) is 5.75 Å². The third-order valence-electron chi connectivity index (χ3n) is 2.88. The van der Waals surface area contributed by atoms with Crippen LogP contribution in [-0.2, 0) is 10.1 Å². The molecule has 0 aliphatic carbocycles. The lowest BCUT2D eigenvalue weighted by atomic mass is 10.2. The molecule has 0 saturated carbocycles. The fourth-order valence-electron chi connectivity index (χ4n) is 1.89. The third kappa shape index (κ3) is 4.80. The fraction of sp³-hybridized carbons (Fsp3) is 0.188. The molecule has 2 N–H and O–H groups in total. The molecular weight excluding hydrogens is 318 g/mol. The molecule has 0 heterocycles. The van der Waals surface area contributed by atoms with Crippen molar-refractivity contribution < 1.29 is 22.5 Å². The number of ether oxygens (including phenoxy) is 1. The van der Waals surface area contributed by atoms with Crippen molar-refractivity contribution in [2.24, 2.45) is 0 Å². The first-order valence-electron chi connectivity index (χ1n) is 6.91. The summed E-state index contributed by atoms with van der Waals surface area (Å²) in [5.41, 5.74) is 0.672. The molecule has 1 amide bonds. The number of hydrogen-bond acceptors (Lipinski definition) is 4. The zero-order valence-corrected chi connectivity index (χ0v) is 13.5. The van der Waals surface area contributed by atoms with E-state index in [0.29, 0.717) is 11.3 Å². The van der Waals surface area contributed by atoms with Gasteiger partial charge < -0.3 is 10.1 Å². The van der Waals surface area contributed by atoms with Gasteiger partial charge in [-0.25, -0.2) is 0 Å². The highest BCUT2D eigenvalue weighted by atomic mass is 32.2. The lowest BCUT2D eigenvalue weighted by Gasteiger charge is -2.10. The van der Waals surface area contributed by atoms with Crippen LogP contribution in [0, 0.1) is 0 Å². The molecule has 0 atom stereocenters. The van der Waals surface area contributed by atoms with Gasteiger partial charge in [-0.05, 0) is 56.3 Å². The minimum absolute atomic E-state index is 0.0397. The van der Waals surface area contributed by atoms with Gasteiger partial charge in [0.25, 0.3) is 16.0 Å². The molecule has 2 rings (SSSR count). The summed E-state index contributed by atoms with van der Waals surface area (Å²) in [6.45, 7) is 3.81. The molecule has 0 aliphatic heterocycles. The smallest absolute Gasteiger partial charge is 0.294 e. The topological polar surface area (TPSA) is 92.7 Å². The zero-order valence-electron chi connectivity index (χ0n) is 12.7. The number of rotatable bonds is 5. The molecule has 2 aromatic carbocycles. The second-order valence-corrected chi connectivity index (χ2v) is 6.57. The molecule has 6 nitrogen and oxygen atoms in total. The van der Waals surface area contributed by atoms with Gasteiger partial charge in [0.2, 0.25) is 0 Å². The summed E-state index contributed by atoms with van der Waals surface area (Å²) in [6.07, 6.45) is 0.0397. The largest absolute Gasteiger partial charge is 0.491 e. The van der Waals surface area contributed by atoms with Gasteiger partial charge in [-0.15, -0.1) is 0 Å². The van der Waals surface area contributed by atoms with E-state index in [1.54, 1.807) is 24.3 Å². The quantitative estimate of drug-likeness (QED) is 0.820. The summed E-state index contributed by atoms with van der Waals surface area (Å²) in [7, 11) is -4.31. The van der Waals surface area contributed by atoms with Gasteiger partial charge in [-0.3, -0.25) is 9.35 Å². The van der Waals surface area contributed by atoms with Crippen LogP contribution in [0.15, 0.2) is 53.4 Å². The minimum Gasteiger partial charge on any atom is -0.491 e. The summed E-state index contributed by atoms with van der Waals surface area (Å²) in [4.78, 5) is 11.9. The summed E-state index contributed by atoms with van der Waals surface area (Å²) in [5, 5.41) is 2.58. The maximum Gasteiger partial charge on any atom is 0.294 e. The Morgan fingerprint density at radius 3 is 2.35 bits per heavy atom. The molecule has 0 spiro atoms. The summed E-state index contributed by atoms with van der Waals surface area (Å²) in [5.74, 6) is 0.263. The van der Waals surface area contributed by atoms with Gasteiger partial charge in [-0.1, -0.05) is 6.07 Å². The van der Waals surface area contributed by atoms with Gasteiger partial charge in [-0.2, -0.15) is 8.42 Å². The van der Waals surface area contributed by atoms with Crippen molar-refractivity contribution in [3.05, 3.63) is 54.1 Å². The summed E-state index contributed by atoms with van der Waals surface area (Å²) in [6, 6.07) is 12.0. The predicted molar refractivity (Wildman–Crippen MR) is 86.4 cm³/mol. The Morgan fingerprint density at radius 1 is 1.13 bits per heavy atom. The average Bonchev–Trinajstić information content (AvgIpc) is 2.46. The molecule has 0 bridgehead atoms. The number of hydrogen-bond donors (Lipinski definition) is 2. The maximum atomic E-state index is 12.1. The Labute approximate surface area is 134 Å². The molecule has 0 unspecified atom stereocenters. The monoisotopic (exact) mass is 335 g/mol. The zero-order chi connectivity index (χ0) is 17.0. The molecule has 122 valence electrons. The van der Waals surface area contributed by atoms with E-state index < -0.39 is 16.0 Å². The fourth-order valence-corrected chi connectivity index (χ4v) is 2.42. The number of benzene rings is 2. The van der Waals surface area contributed by atoms with E-state index >= 15 is 0 Å². The molecule has 0 saturated heterocycles. The Bertz CT molecular complexity index is 797. The van der Waals surface area contributed by atoms with Crippen LogP contribution in [0.5, 0.6) is 5.75 Å². The van der Waals surface area contributed by atoms with Crippen molar-refractivity contribution >= 4 is 21.7 Å². The first-order chi connectivity index (χ1) is 10.8. The Hall–Kier alpha value is -2.38. The molecule has 0 fully saturated rings. The van der Waals surface area contributed by atoms with Crippen LogP contribution in [0.3, 0.4) is 0 Å². The van der Waals surface area contributed by atoms with Crippen molar-refractivity contribution in [2.45, 2.75) is 24.8 Å². The van der Waals surface area contributed by atoms with Crippen LogP contribution in [0.1, 0.15) is 24.2 Å². The predicted octanol–water partition coefficient (Wildman–Crippen LogP) is 2.97. The molecule has 2 aromatic rings. The molecule has 0 aromatic heterocycles. The molecular formula is C16H17NO5S. The average molecular weight is 335 g/mol. The minimum atomic E-state index is -4.31. The van der Waals surface area contributed by atoms with E-state index in [9.17, 15) is 13.2 Å². The number of nitrogens with one attached hydrogen (secondary N) is 1. The highest BCUT2D eigenvalue weighted by Crippen LogP contribution is 2.18. The highest BCUT2D eigenvalue weighted by Gasteiger charge is 2.12. The van der Waals surface area contributed by atoms with Crippen molar-refractivity contribution in [1.82, 2.24) is 0 Å². The summed E-state index contributed by atoms with van der Waals surface area (Å²) >= 11 is 0. The molecule has 7 heteroatoms. The summed E-state index contributed by atoms with van der Waals surface area (Å²) < 4.78 is 36.7. The Morgan fingerprint density at radius 2 is 1.78 bits per heavy atom. The number of amides is 1. The van der Waals surface area contributed by atoms with Crippen LogP contribution in [0.4, 0.5) is 5.69 Å². The van der Waals surface area contributed by atoms with Gasteiger partial charge >= 0.3 is 0 Å². The molecule has 0 radical (unpaired) electrons. The Kier molecular flexibility index (Phi) is 5.02. The van der Waals surface area contributed by atoms with Crippen LogP contribution in [0.2, 0.25) is 0 Å². The third-order valence-corrected chi connectivity index (χ3v) is 3.73. The van der Waals surface area contributed by atoms with E-state index in [1.165, 1.54) is 24.3 Å². The standard InChI is InChI=1S/C16H17NO5S/c1-11(2)22-14-8-6-12(7-9-14)16(18)17-13-4-3-5-15(10-13)23(19,20)21/h3-11H,1-2H3,(H,17,18)(H,19,20,21). The first kappa shape index (κ1) is 17.0. The normalized spacial score (nSPS) is 11.3.